The number of nitrogens with zero attached hydrogens (tertiary/aromatic N) is 2. The zero-order valence-corrected chi connectivity index (χ0v) is 16.7. The van der Waals surface area contributed by atoms with Crippen LogP contribution in [0, 0.1) is 5.92 Å². The van der Waals surface area contributed by atoms with Crippen molar-refractivity contribution in [2.75, 3.05) is 13.1 Å². The van der Waals surface area contributed by atoms with Gasteiger partial charge in [-0.1, -0.05) is 43.6 Å². The fourth-order valence-electron chi connectivity index (χ4n) is 2.80. The van der Waals surface area contributed by atoms with Crippen molar-refractivity contribution >= 4 is 28.9 Å². The second-order valence-corrected chi connectivity index (χ2v) is 7.41. The minimum atomic E-state index is -0.321. The van der Waals surface area contributed by atoms with Gasteiger partial charge in [0, 0.05) is 24.3 Å². The van der Waals surface area contributed by atoms with E-state index >= 15 is 0 Å². The van der Waals surface area contributed by atoms with Gasteiger partial charge in [-0.25, -0.2) is 4.98 Å². The van der Waals surface area contributed by atoms with Gasteiger partial charge in [-0.05, 0) is 42.2 Å². The van der Waals surface area contributed by atoms with Crippen molar-refractivity contribution in [1.82, 2.24) is 20.0 Å². The molecule has 28 heavy (non-hydrogen) atoms. The number of hydrogen-bond donors (Lipinski definition) is 2. The summed E-state index contributed by atoms with van der Waals surface area (Å²) in [6.07, 6.45) is 2.41. The topological polar surface area (TPSA) is 75.5 Å². The van der Waals surface area contributed by atoms with Crippen LogP contribution in [0.4, 0.5) is 0 Å². The molecule has 0 saturated carbocycles. The number of halogens is 1. The molecule has 0 aliphatic rings. The zero-order valence-electron chi connectivity index (χ0n) is 15.9. The molecule has 0 aliphatic heterocycles. The van der Waals surface area contributed by atoms with Crippen LogP contribution in [0.15, 0.2) is 48.7 Å². The number of nitrogens with one attached hydrogen (secondary N) is 2. The third-order valence-corrected chi connectivity index (χ3v) is 4.50. The van der Waals surface area contributed by atoms with E-state index in [-0.39, 0.29) is 23.3 Å². The smallest absolute Gasteiger partial charge is 0.287 e. The Morgan fingerprint density at radius 2 is 1.82 bits per heavy atom. The van der Waals surface area contributed by atoms with Crippen molar-refractivity contribution in [3.05, 3.63) is 70.8 Å². The van der Waals surface area contributed by atoms with Gasteiger partial charge in [-0.3, -0.25) is 14.0 Å². The van der Waals surface area contributed by atoms with Crippen LogP contribution in [-0.4, -0.2) is 34.3 Å². The van der Waals surface area contributed by atoms with Gasteiger partial charge in [0.1, 0.15) is 0 Å². The molecule has 0 aliphatic carbocycles. The molecule has 0 saturated heterocycles. The summed E-state index contributed by atoms with van der Waals surface area (Å²) in [5.41, 5.74) is 1.93. The monoisotopic (exact) mass is 398 g/mol. The molecule has 0 unspecified atom stereocenters. The maximum atomic E-state index is 12.7. The van der Waals surface area contributed by atoms with E-state index < -0.39 is 0 Å². The molecule has 146 valence electrons. The van der Waals surface area contributed by atoms with Gasteiger partial charge >= 0.3 is 0 Å². The fraction of sp³-hybridized carbons (Fsp3) is 0.286. The lowest BCUT2D eigenvalue weighted by molar-refractivity contribution is 0.0942. The normalized spacial score (nSPS) is 11.0. The van der Waals surface area contributed by atoms with Crippen LogP contribution in [0.25, 0.3) is 5.52 Å². The van der Waals surface area contributed by atoms with Crippen molar-refractivity contribution in [3.63, 3.8) is 0 Å². The Bertz CT molecular complexity index is 980. The van der Waals surface area contributed by atoms with Gasteiger partial charge in [0.2, 0.25) is 5.82 Å². The third-order valence-electron chi connectivity index (χ3n) is 4.25. The van der Waals surface area contributed by atoms with E-state index in [0.29, 0.717) is 36.0 Å². The Labute approximate surface area is 168 Å². The second kappa shape index (κ2) is 8.89. The molecule has 2 N–H and O–H groups in total. The van der Waals surface area contributed by atoms with E-state index in [4.69, 9.17) is 11.6 Å². The van der Waals surface area contributed by atoms with Gasteiger partial charge in [-0.15, -0.1) is 0 Å². The molecule has 6 nitrogen and oxygen atoms in total. The lowest BCUT2D eigenvalue weighted by Gasteiger charge is -2.05. The number of pyridine rings is 1. The molecule has 3 aromatic rings. The summed E-state index contributed by atoms with van der Waals surface area (Å²) in [7, 11) is 0. The fourth-order valence-corrected chi connectivity index (χ4v) is 2.92. The Balaban J connectivity index is 1.73. The van der Waals surface area contributed by atoms with E-state index in [2.05, 4.69) is 15.6 Å². The van der Waals surface area contributed by atoms with E-state index in [1.54, 1.807) is 22.7 Å². The molecule has 2 amide bonds. The number of fused-ring (bicyclic) bond motifs is 1. The van der Waals surface area contributed by atoms with E-state index in [1.807, 2.05) is 44.2 Å². The zero-order chi connectivity index (χ0) is 20.1. The number of rotatable bonds is 7. The first-order chi connectivity index (χ1) is 13.5. The number of hydrogen-bond acceptors (Lipinski definition) is 3. The van der Waals surface area contributed by atoms with E-state index in [9.17, 15) is 9.59 Å². The minimum absolute atomic E-state index is 0.196. The predicted octanol–water partition coefficient (Wildman–Crippen LogP) is 3.35. The Hall–Kier alpha value is -2.86. The maximum absolute atomic E-state index is 12.7. The summed E-state index contributed by atoms with van der Waals surface area (Å²) in [4.78, 5) is 29.5. The lowest BCUT2D eigenvalue weighted by atomic mass is 10.1. The second-order valence-electron chi connectivity index (χ2n) is 6.98. The van der Waals surface area contributed by atoms with Crippen LogP contribution < -0.4 is 10.6 Å². The number of carbonyl (C=O) groups excluding carboxylic acids is 2. The summed E-state index contributed by atoms with van der Waals surface area (Å²) in [6, 6.07) is 12.9. The van der Waals surface area contributed by atoms with Gasteiger partial charge in [0.05, 0.1) is 5.52 Å². The average Bonchev–Trinajstić information content (AvgIpc) is 3.07. The van der Waals surface area contributed by atoms with Crippen molar-refractivity contribution < 1.29 is 9.59 Å². The van der Waals surface area contributed by atoms with Crippen LogP contribution in [0.2, 0.25) is 5.02 Å². The number of benzene rings is 1. The predicted molar refractivity (Wildman–Crippen MR) is 110 cm³/mol. The van der Waals surface area contributed by atoms with Crippen LogP contribution in [-0.2, 0) is 6.42 Å². The highest BCUT2D eigenvalue weighted by Crippen LogP contribution is 2.14. The standard InChI is InChI=1S/C21H23ClN4O2/c1-14(2)13-24-20(27)18-17-5-3-4-12-26(17)19(25-18)21(28)23-11-10-15-6-8-16(22)9-7-15/h3-9,12,14H,10-11,13H2,1-2H3,(H,23,28)(H,24,27). The first-order valence-corrected chi connectivity index (χ1v) is 9.61. The molecule has 3 rings (SSSR count). The highest BCUT2D eigenvalue weighted by Gasteiger charge is 2.21. The molecule has 0 atom stereocenters. The quantitative estimate of drug-likeness (QED) is 0.640. The van der Waals surface area contributed by atoms with Crippen LogP contribution in [0.1, 0.15) is 40.5 Å². The Morgan fingerprint density at radius 1 is 1.07 bits per heavy atom. The molecule has 1 aromatic carbocycles. The SMILES string of the molecule is CC(C)CNC(=O)c1nc(C(=O)NCCc2ccc(Cl)cc2)n2ccccc12. The molecule has 0 fully saturated rings. The number of amides is 2. The van der Waals surface area contributed by atoms with Gasteiger partial charge in [0.25, 0.3) is 11.8 Å². The van der Waals surface area contributed by atoms with Crippen molar-refractivity contribution in [2.24, 2.45) is 5.92 Å². The summed E-state index contributed by atoms with van der Waals surface area (Å²) in [5.74, 6) is -0.0782. The maximum Gasteiger partial charge on any atom is 0.287 e. The molecule has 2 heterocycles. The first kappa shape index (κ1) is 19.9. The summed E-state index contributed by atoms with van der Waals surface area (Å²) in [6.45, 7) is 5.04. The number of carbonyl (C=O) groups is 2. The molecular weight excluding hydrogens is 376 g/mol. The summed E-state index contributed by atoms with van der Waals surface area (Å²) < 4.78 is 1.64. The van der Waals surface area contributed by atoms with E-state index in [0.717, 1.165) is 5.56 Å². The summed E-state index contributed by atoms with van der Waals surface area (Å²) in [5, 5.41) is 6.40. The van der Waals surface area contributed by atoms with Crippen molar-refractivity contribution in [3.8, 4) is 0 Å². The molecule has 2 aromatic heterocycles. The summed E-state index contributed by atoms with van der Waals surface area (Å²) >= 11 is 5.89. The number of imidazole rings is 1. The first-order valence-electron chi connectivity index (χ1n) is 9.23. The third kappa shape index (κ3) is 4.70. The minimum Gasteiger partial charge on any atom is -0.350 e. The molecule has 0 spiro atoms. The van der Waals surface area contributed by atoms with Crippen molar-refractivity contribution in [1.29, 1.82) is 0 Å². The van der Waals surface area contributed by atoms with Gasteiger partial charge < -0.3 is 10.6 Å². The van der Waals surface area contributed by atoms with E-state index in [1.165, 1.54) is 0 Å². The lowest BCUT2D eigenvalue weighted by Crippen LogP contribution is -2.29. The molecule has 7 heteroatoms. The van der Waals surface area contributed by atoms with Gasteiger partial charge in [-0.2, -0.15) is 0 Å². The van der Waals surface area contributed by atoms with Crippen LogP contribution in [0.5, 0.6) is 0 Å². The van der Waals surface area contributed by atoms with Crippen LogP contribution in [0.3, 0.4) is 0 Å². The molecule has 0 bridgehead atoms. The van der Waals surface area contributed by atoms with Crippen molar-refractivity contribution in [2.45, 2.75) is 20.3 Å². The molecular formula is C21H23ClN4O2. The van der Waals surface area contributed by atoms with Crippen LogP contribution >= 0.6 is 11.6 Å². The highest BCUT2D eigenvalue weighted by atomic mass is 35.5. The largest absolute Gasteiger partial charge is 0.350 e. The van der Waals surface area contributed by atoms with Gasteiger partial charge in [0.15, 0.2) is 5.69 Å². The Kier molecular flexibility index (Phi) is 6.31. The highest BCUT2D eigenvalue weighted by molar-refractivity contribution is 6.30. The molecule has 0 radical (unpaired) electrons. The number of aromatic nitrogens is 2. The average molecular weight is 399 g/mol. The Morgan fingerprint density at radius 3 is 2.54 bits per heavy atom.